The highest BCUT2D eigenvalue weighted by atomic mass is 127. The summed E-state index contributed by atoms with van der Waals surface area (Å²) < 4.78 is 63.7. The number of amides is 4. The number of likely N-dealkylation sites (tertiary alicyclic amines) is 2. The molecule has 4 fully saturated rings. The van der Waals surface area contributed by atoms with Gasteiger partial charge >= 0.3 is 11.9 Å². The van der Waals surface area contributed by atoms with Gasteiger partial charge in [0.1, 0.15) is 34.2 Å². The van der Waals surface area contributed by atoms with Crippen molar-refractivity contribution in [3.63, 3.8) is 0 Å². The molecule has 11 rings (SSSR count). The largest absolute Gasteiger partial charge is 0.481 e. The zero-order valence-electron chi connectivity index (χ0n) is 56.9. The van der Waals surface area contributed by atoms with Crippen molar-refractivity contribution in [1.82, 2.24) is 38.9 Å². The zero-order valence-corrected chi connectivity index (χ0v) is 60.7. The molecule has 546 valence electrons. The predicted molar refractivity (Wildman–Crippen MR) is 395 cm³/mol. The molecule has 2 saturated heterocycles. The Morgan fingerprint density at radius 3 is 1.39 bits per heavy atom. The lowest BCUT2D eigenvalue weighted by atomic mass is 9.79. The molecule has 0 spiro atoms. The van der Waals surface area contributed by atoms with Crippen LogP contribution < -0.4 is 16.2 Å². The fourth-order valence-electron chi connectivity index (χ4n) is 14.2. The summed E-state index contributed by atoms with van der Waals surface area (Å²) in [5, 5.41) is 9.47. The molecule has 4 aliphatic rings. The third-order valence-electron chi connectivity index (χ3n) is 19.5. The Balaban J connectivity index is 0.000000253. The van der Waals surface area contributed by atoms with Gasteiger partial charge in [0, 0.05) is 93.4 Å². The van der Waals surface area contributed by atoms with Crippen molar-refractivity contribution in [2.45, 2.75) is 199 Å². The Labute approximate surface area is 608 Å². The molecule has 2 unspecified atom stereocenters. The Morgan fingerprint density at radius 2 is 0.980 bits per heavy atom. The number of alkyl halides is 1. The van der Waals surface area contributed by atoms with Crippen molar-refractivity contribution in [3.8, 4) is 5.75 Å². The molecule has 0 bridgehead atoms. The number of thioether (sulfide) groups is 2. The number of Topliss-reactive ketones (excluding diaryl/α,β-unsaturated/α-hetero) is 2. The lowest BCUT2D eigenvalue weighted by molar-refractivity contribution is -0.140. The van der Waals surface area contributed by atoms with Gasteiger partial charge in [-0.3, -0.25) is 48.2 Å². The smallest absolute Gasteiger partial charge is 0.321 e. The Kier molecular flexibility index (Phi) is 29.7. The van der Waals surface area contributed by atoms with E-state index in [0.29, 0.717) is 62.5 Å². The zero-order chi connectivity index (χ0) is 71.7. The summed E-state index contributed by atoms with van der Waals surface area (Å²) in [5.41, 5.74) is 17.9. The molecule has 7 aromatic rings. The van der Waals surface area contributed by atoms with Gasteiger partial charge in [0.25, 0.3) is 0 Å². The topological polar surface area (TPSA) is 286 Å². The number of aliphatic carboxylic acids is 1. The molecule has 20 nitrogen and oxygen atoms in total. The molecule has 4 amide bonds. The highest BCUT2D eigenvalue weighted by molar-refractivity contribution is 14.1. The van der Waals surface area contributed by atoms with E-state index in [1.807, 2.05) is 41.3 Å². The molecule has 2 aliphatic carbocycles. The van der Waals surface area contributed by atoms with E-state index in [1.165, 1.54) is 9.80 Å². The highest BCUT2D eigenvalue weighted by Crippen LogP contribution is 2.38. The van der Waals surface area contributed by atoms with Gasteiger partial charge in [-0.1, -0.05) is 106 Å². The molecule has 4 aromatic heterocycles. The van der Waals surface area contributed by atoms with Gasteiger partial charge in [0.2, 0.25) is 41.0 Å². The van der Waals surface area contributed by atoms with Crippen molar-refractivity contribution < 1.29 is 65.8 Å². The minimum Gasteiger partial charge on any atom is -0.481 e. The Morgan fingerprint density at radius 1 is 0.574 bits per heavy atom. The normalized spacial score (nSPS) is 19.2. The minimum atomic E-state index is -1.85. The van der Waals surface area contributed by atoms with Crippen LogP contribution in [0.1, 0.15) is 174 Å². The number of imidazole rings is 2. The standard InChI is InChI=1S/C39H43F4N5O5S.C33H43N5O5S.CH3I.CH4/c1-2-3-12-30-46-35-36(24-9-6-7-10-27(24)45-38(35)44)47(30)17-8-4-5-11-28(49)23-15-13-22(14-16-23)20-48-31(50)19-29(39(48)52)54-21-32(51)53-37-33(42)25(40)18-26(41)34(37)43;1-2-3-12-27-36-30-31(23-9-6-7-10-24(23)35-32(30)34)37(27)17-8-4-5-11-25(39)22-15-13-21(14-16-22)19-38-28(40)18-26(33(38)43)44-20-29(41)42;1-2;/h6-7,9-10,18,22-23,29H,2-5,8,11-17,19-21H2,1H3,(H2,44,45);6-7,9-10,21-22,26H,2-5,8,11-20H2,1H3,(H2,34,35)(H,41,42);1H3;1H4. The van der Waals surface area contributed by atoms with E-state index < -0.39 is 69.0 Å². The van der Waals surface area contributed by atoms with Crippen molar-refractivity contribution >= 4 is 149 Å². The average Bonchev–Trinajstić information content (AvgIpc) is 1.66. The summed E-state index contributed by atoms with van der Waals surface area (Å²) >= 11 is 3.92. The lowest BCUT2D eigenvalue weighted by Gasteiger charge is -2.30. The van der Waals surface area contributed by atoms with Crippen molar-refractivity contribution in [3.05, 3.63) is 89.5 Å². The molecule has 0 radical (unpaired) electrons. The first kappa shape index (κ1) is 79.4. The lowest BCUT2D eigenvalue weighted by Crippen LogP contribution is -2.37. The molecule has 2 saturated carbocycles. The summed E-state index contributed by atoms with van der Waals surface area (Å²) in [7, 11) is 0. The van der Waals surface area contributed by atoms with Crippen LogP contribution in [0.3, 0.4) is 0 Å². The quantitative estimate of drug-likeness (QED) is 0.00532. The first-order valence-corrected chi connectivity index (χ1v) is 39.2. The number of carboxylic acids is 1. The summed E-state index contributed by atoms with van der Waals surface area (Å²) in [5.74, 6) is -9.27. The average molecular weight is 1550 g/mol. The number of nitrogens with zero attached hydrogens (tertiary/aromatic N) is 8. The van der Waals surface area contributed by atoms with Crippen LogP contribution in [0.25, 0.3) is 43.9 Å². The van der Waals surface area contributed by atoms with Gasteiger partial charge in [0.15, 0.2) is 23.3 Å². The monoisotopic (exact) mass is 1550 g/mol. The maximum Gasteiger partial charge on any atom is 0.321 e. The van der Waals surface area contributed by atoms with Crippen LogP contribution in [0, 0.1) is 46.9 Å². The summed E-state index contributed by atoms with van der Waals surface area (Å²) in [6.45, 7) is 6.52. The molecule has 3 aromatic carbocycles. The number of unbranched alkanes of at least 4 members (excludes halogenated alkanes) is 6. The number of rotatable bonds is 31. The number of imide groups is 2. The number of carbonyl (C=O) groups excluding carboxylic acids is 7. The Hall–Kier alpha value is -7.27. The number of para-hydroxylation sites is 2. The number of aryl methyl sites for hydroxylation is 4. The van der Waals surface area contributed by atoms with Crippen LogP contribution in [-0.2, 0) is 64.3 Å². The predicted octanol–water partition coefficient (Wildman–Crippen LogP) is 14.5. The van der Waals surface area contributed by atoms with Gasteiger partial charge in [-0.2, -0.15) is 8.78 Å². The third kappa shape index (κ3) is 19.7. The SMILES string of the molecule is C.CCCCc1nc2c(N)nc3ccccc3c2n1CCCCCC(=O)C1CCC(CN2C(=O)CC(SCC(=O)O)C2=O)CC1.CCCCc1nc2c(N)nc3ccccc3c2n1CCCCCC(=O)C1CCC(CN2C(=O)CC(SCC(=O)Oc3c(F)c(F)cc(F)c3F)C2=O)CC1.CI. The second-order valence-electron chi connectivity index (χ2n) is 26.3. The Bertz CT molecular complexity index is 4100. The van der Waals surface area contributed by atoms with Crippen molar-refractivity contribution in [2.24, 2.45) is 23.7 Å². The summed E-state index contributed by atoms with van der Waals surface area (Å²) in [4.78, 5) is 123. The van der Waals surface area contributed by atoms with E-state index in [1.54, 1.807) is 0 Å². The van der Waals surface area contributed by atoms with Crippen LogP contribution in [0.2, 0.25) is 0 Å². The second kappa shape index (κ2) is 37.8. The number of aromatic nitrogens is 6. The molecule has 5 N–H and O–H groups in total. The number of carboxylic acid groups (broad SMARTS) is 1. The van der Waals surface area contributed by atoms with Crippen LogP contribution in [-0.4, -0.2) is 131 Å². The summed E-state index contributed by atoms with van der Waals surface area (Å²) in [6, 6.07) is 16.0. The van der Waals surface area contributed by atoms with Crippen LogP contribution >= 0.6 is 46.1 Å². The van der Waals surface area contributed by atoms with Gasteiger partial charge in [-0.05, 0) is 119 Å². The number of ketones is 2. The van der Waals surface area contributed by atoms with Gasteiger partial charge < -0.3 is 30.4 Å². The molecular weight excluding hydrogens is 1460 g/mol. The van der Waals surface area contributed by atoms with Gasteiger partial charge in [0.05, 0.1) is 44.1 Å². The number of ether oxygens (including phenoxy) is 1. The van der Waals surface area contributed by atoms with E-state index in [9.17, 15) is 55.9 Å². The maximum atomic E-state index is 13.9. The van der Waals surface area contributed by atoms with E-state index in [-0.39, 0.29) is 79.9 Å². The molecule has 2 aliphatic heterocycles. The number of nitrogens with two attached hydrogens (primary N) is 2. The molecule has 27 heteroatoms. The van der Waals surface area contributed by atoms with Crippen molar-refractivity contribution in [2.75, 3.05) is 41.0 Å². The first-order valence-electron chi connectivity index (χ1n) is 34.9. The van der Waals surface area contributed by atoms with Gasteiger partial charge in [-0.15, -0.1) is 23.5 Å². The number of hydrogen-bond acceptors (Lipinski definition) is 17. The minimum absolute atomic E-state index is 0. The number of fused-ring (bicyclic) bond motifs is 6. The van der Waals surface area contributed by atoms with Crippen molar-refractivity contribution in [1.29, 1.82) is 0 Å². The number of benzene rings is 3. The van der Waals surface area contributed by atoms with Crippen LogP contribution in [0.4, 0.5) is 29.2 Å². The fraction of sp³-hybridized carbons (Fsp3) is 0.541. The maximum absolute atomic E-state index is 13.9. The highest BCUT2D eigenvalue weighted by Gasteiger charge is 2.43. The fourth-order valence-corrected chi connectivity index (χ4v) is 16.0. The van der Waals surface area contributed by atoms with E-state index in [2.05, 4.69) is 72.4 Å². The number of anilines is 2. The molecule has 101 heavy (non-hydrogen) atoms. The number of halogens is 5. The van der Waals surface area contributed by atoms with Crippen LogP contribution in [0.15, 0.2) is 54.6 Å². The number of pyridine rings is 2. The third-order valence-corrected chi connectivity index (χ3v) is 21.8. The second-order valence-corrected chi connectivity index (χ2v) is 28.7. The van der Waals surface area contributed by atoms with E-state index in [4.69, 9.17) is 26.5 Å². The number of nitrogen functional groups attached to an aromatic ring is 2. The number of carbonyl (C=O) groups is 8. The van der Waals surface area contributed by atoms with E-state index >= 15 is 0 Å². The number of hydrogen-bond donors (Lipinski definition) is 3. The van der Waals surface area contributed by atoms with Crippen LogP contribution in [0.5, 0.6) is 5.75 Å². The molecule has 2 atom stereocenters. The van der Waals surface area contributed by atoms with E-state index in [0.717, 1.165) is 195 Å². The van der Waals surface area contributed by atoms with Gasteiger partial charge in [-0.25, -0.2) is 28.7 Å². The summed E-state index contributed by atoms with van der Waals surface area (Å²) in [6.07, 6.45) is 18.2. The number of esters is 1. The molecule has 6 heterocycles. The molecular formula is C74H93F4IN10O10S2. The first-order chi connectivity index (χ1) is 48.2.